The van der Waals surface area contributed by atoms with Crippen LogP contribution in [-0.4, -0.2) is 28.4 Å². The third kappa shape index (κ3) is 3.25. The van der Waals surface area contributed by atoms with E-state index in [1.165, 1.54) is 35.3 Å². The molecule has 1 aromatic rings. The summed E-state index contributed by atoms with van der Waals surface area (Å²) in [5.74, 6) is -1.62. The molecule has 1 fully saturated rings. The first-order valence-corrected chi connectivity index (χ1v) is 7.09. The fraction of sp³-hybridized carbons (Fsp3) is 0.0714. The minimum absolute atomic E-state index is 0.0281. The lowest BCUT2D eigenvalue weighted by Gasteiger charge is -2.27. The lowest BCUT2D eigenvalue weighted by molar-refractivity contribution is -0.128. The van der Waals surface area contributed by atoms with Crippen LogP contribution in [0.15, 0.2) is 40.9 Å². The Morgan fingerprint density at radius 3 is 2.81 bits per heavy atom. The highest BCUT2D eigenvalue weighted by molar-refractivity contribution is 9.10. The molecule has 21 heavy (non-hydrogen) atoms. The van der Waals surface area contributed by atoms with Gasteiger partial charge in [-0.3, -0.25) is 19.8 Å². The van der Waals surface area contributed by atoms with E-state index in [1.807, 2.05) is 0 Å². The molecule has 0 bridgehead atoms. The average molecular weight is 369 g/mol. The van der Waals surface area contributed by atoms with Crippen LogP contribution in [-0.2, 0) is 9.59 Å². The Morgan fingerprint density at radius 2 is 2.14 bits per heavy atom. The molecule has 1 heterocycles. The first kappa shape index (κ1) is 15.5. The van der Waals surface area contributed by atoms with Crippen LogP contribution in [0.5, 0.6) is 0 Å². The van der Waals surface area contributed by atoms with Gasteiger partial charge in [-0.25, -0.2) is 4.39 Å². The Bertz CT molecular complexity index is 688. The second-order valence-electron chi connectivity index (χ2n) is 4.19. The molecule has 0 radical (unpaired) electrons. The number of benzene rings is 1. The van der Waals surface area contributed by atoms with Crippen molar-refractivity contribution in [2.24, 2.45) is 0 Å². The molecule has 0 aliphatic carbocycles. The zero-order valence-corrected chi connectivity index (χ0v) is 13.1. The summed E-state index contributed by atoms with van der Waals surface area (Å²) in [5.41, 5.74) is 0.275. The fourth-order valence-electron chi connectivity index (χ4n) is 1.77. The van der Waals surface area contributed by atoms with Gasteiger partial charge in [-0.2, -0.15) is 0 Å². The zero-order chi connectivity index (χ0) is 15.6. The molecule has 0 saturated carbocycles. The zero-order valence-electron chi connectivity index (χ0n) is 10.7. The Hall–Kier alpha value is -1.86. The van der Waals surface area contributed by atoms with E-state index < -0.39 is 17.6 Å². The largest absolute Gasteiger partial charge is 0.298 e. The summed E-state index contributed by atoms with van der Waals surface area (Å²) < 4.78 is 13.8. The molecule has 0 atom stereocenters. The van der Waals surface area contributed by atoms with Crippen LogP contribution in [0, 0.1) is 5.82 Å². The van der Waals surface area contributed by atoms with Crippen molar-refractivity contribution >= 4 is 51.2 Å². The number of carbonyl (C=O) groups is 2. The molecule has 2 amide bonds. The van der Waals surface area contributed by atoms with Crippen LogP contribution in [0.4, 0.5) is 4.39 Å². The maximum atomic E-state index is 13.3. The molecule has 0 unspecified atom stereocenters. The molecule has 108 valence electrons. The monoisotopic (exact) mass is 368 g/mol. The summed E-state index contributed by atoms with van der Waals surface area (Å²) in [4.78, 5) is 25.4. The van der Waals surface area contributed by atoms with E-state index in [0.29, 0.717) is 10.0 Å². The molecule has 0 aromatic heterocycles. The van der Waals surface area contributed by atoms with Crippen LogP contribution < -0.4 is 5.32 Å². The highest BCUT2D eigenvalue weighted by atomic mass is 79.9. The van der Waals surface area contributed by atoms with Crippen LogP contribution in [0.25, 0.3) is 6.08 Å². The Balaban J connectivity index is 2.45. The normalized spacial score (nSPS) is 17.1. The number of nitrogens with one attached hydrogen (secondary N) is 1. The topological polar surface area (TPSA) is 49.4 Å². The molecule has 1 aliphatic heterocycles. The predicted octanol–water partition coefficient (Wildman–Crippen LogP) is 2.40. The minimum atomic E-state index is -0.610. The number of hydrogen-bond acceptors (Lipinski definition) is 3. The Labute approximate surface area is 134 Å². The number of halogens is 2. The van der Waals surface area contributed by atoms with Crippen molar-refractivity contribution in [1.82, 2.24) is 10.2 Å². The van der Waals surface area contributed by atoms with Gasteiger partial charge in [0, 0.05) is 11.0 Å². The van der Waals surface area contributed by atoms with Gasteiger partial charge in [0.05, 0.1) is 0 Å². The third-order valence-corrected chi connectivity index (χ3v) is 3.80. The smallest absolute Gasteiger partial charge is 0.265 e. The quantitative estimate of drug-likeness (QED) is 0.385. The van der Waals surface area contributed by atoms with Gasteiger partial charge >= 0.3 is 0 Å². The van der Waals surface area contributed by atoms with Gasteiger partial charge in [-0.15, -0.1) is 6.58 Å². The summed E-state index contributed by atoms with van der Waals surface area (Å²) in [6.45, 7) is 3.71. The van der Waals surface area contributed by atoms with Gasteiger partial charge in [0.25, 0.3) is 11.8 Å². The molecular weight excluding hydrogens is 359 g/mol. The summed E-state index contributed by atoms with van der Waals surface area (Å²) in [7, 11) is 0. The Kier molecular flexibility index (Phi) is 4.64. The van der Waals surface area contributed by atoms with E-state index in [1.54, 1.807) is 0 Å². The molecule has 1 aliphatic rings. The summed E-state index contributed by atoms with van der Waals surface area (Å²) in [6, 6.07) is 4.00. The lowest BCUT2D eigenvalue weighted by atomic mass is 10.1. The SMILES string of the molecule is C=CCN1C(=O)C(=Cc2cc(F)ccc2Br)C(=O)NC1=S. The second-order valence-corrected chi connectivity index (χ2v) is 5.43. The minimum Gasteiger partial charge on any atom is -0.298 e. The first-order valence-electron chi connectivity index (χ1n) is 5.89. The van der Waals surface area contributed by atoms with Crippen LogP contribution >= 0.6 is 28.1 Å². The Morgan fingerprint density at radius 1 is 1.43 bits per heavy atom. The van der Waals surface area contributed by atoms with E-state index in [9.17, 15) is 14.0 Å². The number of hydrogen-bond donors (Lipinski definition) is 1. The van der Waals surface area contributed by atoms with Crippen LogP contribution in [0.3, 0.4) is 0 Å². The van der Waals surface area contributed by atoms with Crippen molar-refractivity contribution in [3.63, 3.8) is 0 Å². The summed E-state index contributed by atoms with van der Waals surface area (Å²) >= 11 is 8.18. The molecule has 1 saturated heterocycles. The molecule has 0 spiro atoms. The number of thiocarbonyl (C=S) groups is 1. The molecular formula is C14H10BrFN2O2S. The van der Waals surface area contributed by atoms with Crippen molar-refractivity contribution in [1.29, 1.82) is 0 Å². The highest BCUT2D eigenvalue weighted by Crippen LogP contribution is 2.22. The molecule has 1 aromatic carbocycles. The molecule has 4 nitrogen and oxygen atoms in total. The predicted molar refractivity (Wildman–Crippen MR) is 84.7 cm³/mol. The number of nitrogens with zero attached hydrogens (tertiary/aromatic N) is 1. The van der Waals surface area contributed by atoms with E-state index in [4.69, 9.17) is 12.2 Å². The highest BCUT2D eigenvalue weighted by Gasteiger charge is 2.32. The fourth-order valence-corrected chi connectivity index (χ4v) is 2.38. The maximum absolute atomic E-state index is 13.3. The standard InChI is InChI=1S/C14H10BrFN2O2S/c1-2-5-18-13(20)10(12(19)17-14(18)21)7-8-6-9(16)3-4-11(8)15/h2-4,6-7H,1,5H2,(H,17,19,21). The number of carbonyl (C=O) groups excluding carboxylic acids is 2. The van der Waals surface area contributed by atoms with Crippen molar-refractivity contribution in [2.45, 2.75) is 0 Å². The van der Waals surface area contributed by atoms with Gasteiger partial charge in [0.2, 0.25) is 0 Å². The van der Waals surface area contributed by atoms with Gasteiger partial charge in [0.1, 0.15) is 11.4 Å². The van der Waals surface area contributed by atoms with Crippen molar-refractivity contribution in [3.8, 4) is 0 Å². The molecule has 2 rings (SSSR count). The summed E-state index contributed by atoms with van der Waals surface area (Å²) in [5, 5.41) is 2.45. The van der Waals surface area contributed by atoms with Gasteiger partial charge in [-0.1, -0.05) is 22.0 Å². The average Bonchev–Trinajstić information content (AvgIpc) is 2.43. The number of amides is 2. The second kappa shape index (κ2) is 6.28. The van der Waals surface area contributed by atoms with E-state index >= 15 is 0 Å². The lowest BCUT2D eigenvalue weighted by Crippen LogP contribution is -2.53. The maximum Gasteiger partial charge on any atom is 0.265 e. The summed E-state index contributed by atoms with van der Waals surface area (Å²) in [6.07, 6.45) is 2.82. The van der Waals surface area contributed by atoms with Crippen molar-refractivity contribution in [2.75, 3.05) is 6.54 Å². The van der Waals surface area contributed by atoms with E-state index in [-0.39, 0.29) is 17.2 Å². The first-order chi connectivity index (χ1) is 9.93. The molecule has 1 N–H and O–H groups in total. The van der Waals surface area contributed by atoms with Gasteiger partial charge in [0.15, 0.2) is 5.11 Å². The van der Waals surface area contributed by atoms with Crippen LogP contribution in [0.1, 0.15) is 5.56 Å². The molecule has 7 heteroatoms. The van der Waals surface area contributed by atoms with Gasteiger partial charge < -0.3 is 0 Å². The van der Waals surface area contributed by atoms with Crippen LogP contribution in [0.2, 0.25) is 0 Å². The van der Waals surface area contributed by atoms with E-state index in [2.05, 4.69) is 27.8 Å². The van der Waals surface area contributed by atoms with Gasteiger partial charge in [-0.05, 0) is 42.1 Å². The third-order valence-electron chi connectivity index (χ3n) is 2.76. The number of rotatable bonds is 3. The van der Waals surface area contributed by atoms with Crippen molar-refractivity contribution in [3.05, 3.63) is 52.3 Å². The van der Waals surface area contributed by atoms with E-state index in [0.717, 1.165) is 0 Å². The van der Waals surface area contributed by atoms with Crippen molar-refractivity contribution < 1.29 is 14.0 Å².